The highest BCUT2D eigenvalue weighted by Crippen LogP contribution is 2.30. The van der Waals surface area contributed by atoms with E-state index >= 15 is 0 Å². The SMILES string of the molecule is CN=C(NCC1(O)CCC1)N(C)Cc1csc(C)n1. The second kappa shape index (κ2) is 5.88. The number of rotatable bonds is 4. The lowest BCUT2D eigenvalue weighted by molar-refractivity contribution is -0.0282. The number of nitrogens with zero attached hydrogens (tertiary/aromatic N) is 3. The zero-order valence-corrected chi connectivity index (χ0v) is 12.6. The molecule has 1 aromatic rings. The number of aryl methyl sites for hydroxylation is 1. The van der Waals surface area contributed by atoms with Gasteiger partial charge in [0.25, 0.3) is 0 Å². The fourth-order valence-corrected chi connectivity index (χ4v) is 2.79. The maximum absolute atomic E-state index is 10.1. The molecule has 0 atom stereocenters. The number of aliphatic imine (C=N–C) groups is 1. The van der Waals surface area contributed by atoms with Crippen LogP contribution in [0.1, 0.15) is 30.0 Å². The van der Waals surface area contributed by atoms with Crippen LogP contribution in [0.2, 0.25) is 0 Å². The summed E-state index contributed by atoms with van der Waals surface area (Å²) in [5, 5.41) is 16.5. The van der Waals surface area contributed by atoms with E-state index in [4.69, 9.17) is 0 Å². The van der Waals surface area contributed by atoms with Gasteiger partial charge in [0.1, 0.15) is 0 Å². The molecule has 0 radical (unpaired) electrons. The fraction of sp³-hybridized carbons (Fsp3) is 0.692. The van der Waals surface area contributed by atoms with E-state index < -0.39 is 5.60 Å². The maximum Gasteiger partial charge on any atom is 0.193 e. The van der Waals surface area contributed by atoms with Crippen LogP contribution in [-0.4, -0.2) is 47.2 Å². The van der Waals surface area contributed by atoms with Crippen LogP contribution < -0.4 is 5.32 Å². The maximum atomic E-state index is 10.1. The Hall–Kier alpha value is -1.14. The molecular weight excluding hydrogens is 260 g/mol. The van der Waals surface area contributed by atoms with Crippen molar-refractivity contribution in [2.75, 3.05) is 20.6 Å². The fourth-order valence-electron chi connectivity index (χ4n) is 2.19. The van der Waals surface area contributed by atoms with Gasteiger partial charge >= 0.3 is 0 Å². The van der Waals surface area contributed by atoms with Gasteiger partial charge in [-0.3, -0.25) is 4.99 Å². The van der Waals surface area contributed by atoms with Crippen molar-refractivity contribution in [3.63, 3.8) is 0 Å². The summed E-state index contributed by atoms with van der Waals surface area (Å²) in [5.74, 6) is 0.797. The second-order valence-electron chi connectivity index (χ2n) is 5.19. The molecule has 5 nitrogen and oxygen atoms in total. The first-order chi connectivity index (χ1) is 9.02. The predicted molar refractivity (Wildman–Crippen MR) is 78.5 cm³/mol. The van der Waals surface area contributed by atoms with E-state index in [2.05, 4.69) is 20.7 Å². The number of guanidine groups is 1. The van der Waals surface area contributed by atoms with Crippen LogP contribution in [0.25, 0.3) is 0 Å². The van der Waals surface area contributed by atoms with Crippen molar-refractivity contribution in [2.45, 2.75) is 38.3 Å². The number of nitrogens with one attached hydrogen (secondary N) is 1. The number of aromatic nitrogens is 1. The van der Waals surface area contributed by atoms with E-state index in [1.807, 2.05) is 18.9 Å². The molecule has 0 bridgehead atoms. The third-order valence-electron chi connectivity index (χ3n) is 3.50. The Kier molecular flexibility index (Phi) is 4.42. The zero-order chi connectivity index (χ0) is 13.9. The van der Waals surface area contributed by atoms with Gasteiger partial charge in [-0.15, -0.1) is 11.3 Å². The van der Waals surface area contributed by atoms with Crippen LogP contribution in [-0.2, 0) is 6.54 Å². The third-order valence-corrected chi connectivity index (χ3v) is 4.32. The Morgan fingerprint density at radius 1 is 1.63 bits per heavy atom. The van der Waals surface area contributed by atoms with E-state index in [1.165, 1.54) is 0 Å². The highest BCUT2D eigenvalue weighted by Gasteiger charge is 2.34. The summed E-state index contributed by atoms with van der Waals surface area (Å²) >= 11 is 1.66. The first-order valence-corrected chi connectivity index (χ1v) is 7.45. The quantitative estimate of drug-likeness (QED) is 0.647. The standard InChI is InChI=1S/C13H22N4OS/c1-10-16-11(8-19-10)7-17(3)12(14-2)15-9-13(18)5-4-6-13/h8,18H,4-7,9H2,1-3H3,(H,14,15). The lowest BCUT2D eigenvalue weighted by atomic mass is 9.80. The van der Waals surface area contributed by atoms with Gasteiger partial charge in [-0.2, -0.15) is 0 Å². The van der Waals surface area contributed by atoms with E-state index in [1.54, 1.807) is 18.4 Å². The number of hydrogen-bond donors (Lipinski definition) is 2. The molecule has 1 aliphatic rings. The van der Waals surface area contributed by atoms with Gasteiger partial charge in [0.05, 0.1) is 22.8 Å². The van der Waals surface area contributed by atoms with E-state index in [0.717, 1.165) is 42.5 Å². The van der Waals surface area contributed by atoms with Gasteiger partial charge in [0, 0.05) is 26.0 Å². The van der Waals surface area contributed by atoms with Gasteiger partial charge in [0.15, 0.2) is 5.96 Å². The van der Waals surface area contributed by atoms with Crippen molar-refractivity contribution in [2.24, 2.45) is 4.99 Å². The Labute approximate surface area is 118 Å². The molecule has 0 amide bonds. The van der Waals surface area contributed by atoms with Crippen LogP contribution in [0.3, 0.4) is 0 Å². The number of thiazole rings is 1. The molecule has 1 aliphatic carbocycles. The molecule has 1 saturated carbocycles. The Balaban J connectivity index is 1.86. The van der Waals surface area contributed by atoms with Crippen LogP contribution in [0.5, 0.6) is 0 Å². The second-order valence-corrected chi connectivity index (χ2v) is 6.25. The zero-order valence-electron chi connectivity index (χ0n) is 11.8. The summed E-state index contributed by atoms with van der Waals surface area (Å²) in [6.07, 6.45) is 2.88. The molecule has 6 heteroatoms. The van der Waals surface area contributed by atoms with Gasteiger partial charge in [-0.05, 0) is 26.2 Å². The first-order valence-electron chi connectivity index (χ1n) is 6.57. The average molecular weight is 282 g/mol. The van der Waals surface area contributed by atoms with E-state index in [9.17, 15) is 5.11 Å². The molecule has 19 heavy (non-hydrogen) atoms. The van der Waals surface area contributed by atoms with Gasteiger partial charge in [0.2, 0.25) is 0 Å². The summed E-state index contributed by atoms with van der Waals surface area (Å²) in [5.41, 5.74) is 0.517. The summed E-state index contributed by atoms with van der Waals surface area (Å²) in [4.78, 5) is 10.7. The average Bonchev–Trinajstić information content (AvgIpc) is 2.73. The molecule has 0 aromatic carbocycles. The molecular formula is C13H22N4OS. The Morgan fingerprint density at radius 2 is 2.37 bits per heavy atom. The lowest BCUT2D eigenvalue weighted by Crippen LogP contribution is -2.50. The first kappa shape index (κ1) is 14.3. The smallest absolute Gasteiger partial charge is 0.193 e. The van der Waals surface area contributed by atoms with Crippen LogP contribution in [0, 0.1) is 6.92 Å². The molecule has 1 heterocycles. The molecule has 2 N–H and O–H groups in total. The number of hydrogen-bond acceptors (Lipinski definition) is 4. The van der Waals surface area contributed by atoms with Crippen molar-refractivity contribution in [3.8, 4) is 0 Å². The normalized spacial score (nSPS) is 18.0. The van der Waals surface area contributed by atoms with E-state index in [0.29, 0.717) is 6.54 Å². The highest BCUT2D eigenvalue weighted by molar-refractivity contribution is 7.09. The highest BCUT2D eigenvalue weighted by atomic mass is 32.1. The molecule has 2 rings (SSSR count). The Bertz CT molecular complexity index is 453. The van der Waals surface area contributed by atoms with Crippen LogP contribution in [0.15, 0.2) is 10.4 Å². The molecule has 0 aliphatic heterocycles. The summed E-state index contributed by atoms with van der Waals surface area (Å²) in [7, 11) is 3.74. The summed E-state index contributed by atoms with van der Waals surface area (Å²) < 4.78 is 0. The summed E-state index contributed by atoms with van der Waals surface area (Å²) in [6, 6.07) is 0. The lowest BCUT2D eigenvalue weighted by Gasteiger charge is -2.37. The van der Waals surface area contributed by atoms with Crippen molar-refractivity contribution in [1.29, 1.82) is 0 Å². The molecule has 1 fully saturated rings. The Morgan fingerprint density at radius 3 is 2.84 bits per heavy atom. The predicted octanol–water partition coefficient (Wildman–Crippen LogP) is 1.37. The number of aliphatic hydroxyl groups is 1. The van der Waals surface area contributed by atoms with E-state index in [-0.39, 0.29) is 0 Å². The monoisotopic (exact) mass is 282 g/mol. The van der Waals surface area contributed by atoms with Gasteiger partial charge in [-0.1, -0.05) is 0 Å². The van der Waals surface area contributed by atoms with Crippen LogP contribution >= 0.6 is 11.3 Å². The van der Waals surface area contributed by atoms with Gasteiger partial charge in [-0.25, -0.2) is 4.98 Å². The molecule has 0 spiro atoms. The molecule has 1 aromatic heterocycles. The largest absolute Gasteiger partial charge is 0.388 e. The molecule has 106 valence electrons. The van der Waals surface area contributed by atoms with Crippen LogP contribution in [0.4, 0.5) is 0 Å². The molecule has 0 saturated heterocycles. The van der Waals surface area contributed by atoms with Crippen molar-refractivity contribution in [3.05, 3.63) is 16.1 Å². The third kappa shape index (κ3) is 3.67. The molecule has 0 unspecified atom stereocenters. The minimum atomic E-state index is -0.534. The van der Waals surface area contributed by atoms with Crippen molar-refractivity contribution in [1.82, 2.24) is 15.2 Å². The van der Waals surface area contributed by atoms with Gasteiger partial charge < -0.3 is 15.3 Å². The minimum Gasteiger partial charge on any atom is -0.388 e. The topological polar surface area (TPSA) is 60.8 Å². The summed E-state index contributed by atoms with van der Waals surface area (Å²) in [6.45, 7) is 3.30. The minimum absolute atomic E-state index is 0.534. The van der Waals surface area contributed by atoms with Crippen molar-refractivity contribution >= 4 is 17.3 Å². The van der Waals surface area contributed by atoms with Crippen molar-refractivity contribution < 1.29 is 5.11 Å².